The summed E-state index contributed by atoms with van der Waals surface area (Å²) in [5.41, 5.74) is 1.35. The second kappa shape index (κ2) is 8.85. The average Bonchev–Trinajstić information content (AvgIpc) is 2.61. The van der Waals surface area contributed by atoms with Crippen LogP contribution in [0.2, 0.25) is 0 Å². The van der Waals surface area contributed by atoms with Crippen LogP contribution in [-0.4, -0.2) is 40.9 Å². The van der Waals surface area contributed by atoms with Gasteiger partial charge in [0.15, 0.2) is 0 Å². The molecule has 0 bridgehead atoms. The predicted octanol–water partition coefficient (Wildman–Crippen LogP) is 1.60. The molecule has 2 rings (SSSR count). The number of carbonyl (C=O) groups is 1. The fraction of sp³-hybridized carbons (Fsp3) is 0.294. The molecular weight excluding hydrogens is 312 g/mol. The number of aliphatic hydroxyl groups excluding tert-OH is 2. The molecule has 1 heterocycles. The summed E-state index contributed by atoms with van der Waals surface area (Å²) in [7, 11) is 0. The first-order valence-corrected chi connectivity index (χ1v) is 7.56. The van der Waals surface area contributed by atoms with E-state index < -0.39 is 5.91 Å². The minimum atomic E-state index is -0.399. The van der Waals surface area contributed by atoms with E-state index >= 15 is 0 Å². The zero-order valence-corrected chi connectivity index (χ0v) is 13.4. The Morgan fingerprint density at radius 3 is 2.79 bits per heavy atom. The van der Waals surface area contributed by atoms with Gasteiger partial charge in [-0.1, -0.05) is 0 Å². The van der Waals surface area contributed by atoms with E-state index in [0.29, 0.717) is 23.6 Å². The number of rotatable bonds is 8. The van der Waals surface area contributed by atoms with Gasteiger partial charge in [-0.05, 0) is 37.3 Å². The molecule has 2 aromatic rings. The second-order valence-corrected chi connectivity index (χ2v) is 4.80. The molecule has 3 N–H and O–H groups in total. The summed E-state index contributed by atoms with van der Waals surface area (Å²) in [6.07, 6.45) is 1.50. The molecule has 128 valence electrons. The Morgan fingerprint density at radius 2 is 2.08 bits per heavy atom. The maximum Gasteiger partial charge on any atom is 0.261 e. The van der Waals surface area contributed by atoms with E-state index in [1.54, 1.807) is 30.3 Å². The molecule has 1 amide bonds. The Morgan fingerprint density at radius 1 is 1.25 bits per heavy atom. The van der Waals surface area contributed by atoms with Crippen molar-refractivity contribution in [2.75, 3.05) is 25.1 Å². The fourth-order valence-corrected chi connectivity index (χ4v) is 2.10. The van der Waals surface area contributed by atoms with Crippen molar-refractivity contribution in [2.24, 2.45) is 0 Å². The number of hydrogen-bond acceptors (Lipinski definition) is 6. The molecule has 1 aromatic carbocycles. The Hall–Kier alpha value is -2.64. The molecule has 0 saturated heterocycles. The Bertz CT molecular complexity index is 690. The van der Waals surface area contributed by atoms with Crippen LogP contribution in [0.15, 0.2) is 36.5 Å². The van der Waals surface area contributed by atoms with Crippen molar-refractivity contribution >= 4 is 11.6 Å². The van der Waals surface area contributed by atoms with E-state index in [-0.39, 0.29) is 31.3 Å². The molecule has 0 aliphatic rings. The lowest BCUT2D eigenvalue weighted by atomic mass is 10.1. The number of benzene rings is 1. The van der Waals surface area contributed by atoms with Crippen molar-refractivity contribution in [3.8, 4) is 11.6 Å². The minimum Gasteiger partial charge on any atom is -0.494 e. The number of carbonyl (C=O) groups excluding carboxylic acids is 1. The van der Waals surface area contributed by atoms with Crippen molar-refractivity contribution in [3.05, 3.63) is 47.7 Å². The topological polar surface area (TPSA) is 101 Å². The van der Waals surface area contributed by atoms with E-state index in [0.717, 1.165) is 0 Å². The lowest BCUT2D eigenvalue weighted by Crippen LogP contribution is -2.15. The number of aromatic nitrogens is 1. The van der Waals surface area contributed by atoms with Crippen molar-refractivity contribution in [1.29, 1.82) is 0 Å². The molecule has 7 nitrogen and oxygen atoms in total. The van der Waals surface area contributed by atoms with Gasteiger partial charge in [0, 0.05) is 17.4 Å². The van der Waals surface area contributed by atoms with Crippen LogP contribution in [0.4, 0.5) is 5.69 Å². The van der Waals surface area contributed by atoms with Crippen LogP contribution >= 0.6 is 0 Å². The molecule has 0 unspecified atom stereocenters. The highest BCUT2D eigenvalue weighted by molar-refractivity contribution is 6.05. The summed E-state index contributed by atoms with van der Waals surface area (Å²) in [6, 6.07) is 8.23. The lowest BCUT2D eigenvalue weighted by Gasteiger charge is -2.12. The van der Waals surface area contributed by atoms with Gasteiger partial charge in [-0.2, -0.15) is 0 Å². The lowest BCUT2D eigenvalue weighted by molar-refractivity contribution is 0.102. The van der Waals surface area contributed by atoms with E-state index in [1.807, 2.05) is 6.92 Å². The molecule has 7 heteroatoms. The van der Waals surface area contributed by atoms with Gasteiger partial charge >= 0.3 is 0 Å². The number of aliphatic hydroxyl groups is 2. The SMILES string of the molecule is CCOc1ccc(NC(=O)c2cccnc2OCCO)cc1CO. The van der Waals surface area contributed by atoms with Gasteiger partial charge in [0.05, 0.1) is 19.8 Å². The second-order valence-electron chi connectivity index (χ2n) is 4.80. The number of anilines is 1. The molecule has 0 atom stereocenters. The molecule has 1 aromatic heterocycles. The van der Waals surface area contributed by atoms with Gasteiger partial charge in [0.2, 0.25) is 5.88 Å². The maximum absolute atomic E-state index is 12.4. The van der Waals surface area contributed by atoms with Gasteiger partial charge in [-0.3, -0.25) is 4.79 Å². The maximum atomic E-state index is 12.4. The highest BCUT2D eigenvalue weighted by atomic mass is 16.5. The molecule has 0 fully saturated rings. The van der Waals surface area contributed by atoms with Crippen LogP contribution in [0.25, 0.3) is 0 Å². The molecule has 0 aliphatic carbocycles. The molecule has 0 spiro atoms. The van der Waals surface area contributed by atoms with Crippen molar-refractivity contribution < 1.29 is 24.5 Å². The van der Waals surface area contributed by atoms with Gasteiger partial charge in [0.1, 0.15) is 17.9 Å². The smallest absolute Gasteiger partial charge is 0.261 e. The van der Waals surface area contributed by atoms with Crippen LogP contribution in [0.1, 0.15) is 22.8 Å². The Labute approximate surface area is 139 Å². The third-order valence-corrected chi connectivity index (χ3v) is 3.13. The number of pyridine rings is 1. The van der Waals surface area contributed by atoms with Crippen LogP contribution in [0, 0.1) is 0 Å². The van der Waals surface area contributed by atoms with Crippen LogP contribution in [0.5, 0.6) is 11.6 Å². The Balaban J connectivity index is 2.18. The van der Waals surface area contributed by atoms with E-state index in [1.165, 1.54) is 6.20 Å². The first-order valence-electron chi connectivity index (χ1n) is 7.56. The summed E-state index contributed by atoms with van der Waals surface area (Å²) in [6.45, 7) is 2.02. The van der Waals surface area contributed by atoms with Gasteiger partial charge in [-0.15, -0.1) is 0 Å². The number of nitrogens with one attached hydrogen (secondary N) is 1. The van der Waals surface area contributed by atoms with E-state index in [9.17, 15) is 9.90 Å². The quantitative estimate of drug-likeness (QED) is 0.679. The highest BCUT2D eigenvalue weighted by Crippen LogP contribution is 2.24. The van der Waals surface area contributed by atoms with Crippen LogP contribution < -0.4 is 14.8 Å². The molecule has 24 heavy (non-hydrogen) atoms. The molecular formula is C17H20N2O5. The normalized spacial score (nSPS) is 10.3. The Kier molecular flexibility index (Phi) is 6.53. The predicted molar refractivity (Wildman–Crippen MR) is 88.3 cm³/mol. The van der Waals surface area contributed by atoms with Crippen molar-refractivity contribution in [1.82, 2.24) is 4.98 Å². The van der Waals surface area contributed by atoms with E-state index in [2.05, 4.69) is 10.3 Å². The highest BCUT2D eigenvalue weighted by Gasteiger charge is 2.14. The average molecular weight is 332 g/mol. The standard InChI is InChI=1S/C17H20N2O5/c1-2-23-15-6-5-13(10-12(15)11-21)19-16(22)14-4-3-7-18-17(14)24-9-8-20/h3-7,10,20-21H,2,8-9,11H2,1H3,(H,19,22). The summed E-state index contributed by atoms with van der Waals surface area (Å²) in [4.78, 5) is 16.4. The number of amides is 1. The molecule has 0 radical (unpaired) electrons. The number of ether oxygens (including phenoxy) is 2. The minimum absolute atomic E-state index is 0.0506. The fourth-order valence-electron chi connectivity index (χ4n) is 2.10. The van der Waals surface area contributed by atoms with Crippen LogP contribution in [0.3, 0.4) is 0 Å². The first kappa shape index (κ1) is 17.7. The summed E-state index contributed by atoms with van der Waals surface area (Å²) in [5.74, 6) is 0.327. The van der Waals surface area contributed by atoms with Gasteiger partial charge < -0.3 is 25.0 Å². The number of nitrogens with zero attached hydrogens (tertiary/aromatic N) is 1. The van der Waals surface area contributed by atoms with Crippen LogP contribution in [-0.2, 0) is 6.61 Å². The van der Waals surface area contributed by atoms with Gasteiger partial charge in [-0.25, -0.2) is 4.98 Å². The summed E-state index contributed by atoms with van der Waals surface area (Å²) < 4.78 is 10.7. The zero-order chi connectivity index (χ0) is 17.4. The van der Waals surface area contributed by atoms with Crippen molar-refractivity contribution in [3.63, 3.8) is 0 Å². The number of hydrogen-bond donors (Lipinski definition) is 3. The third-order valence-electron chi connectivity index (χ3n) is 3.13. The molecule has 0 saturated carbocycles. The summed E-state index contributed by atoms with van der Waals surface area (Å²) in [5, 5.41) is 21.0. The summed E-state index contributed by atoms with van der Waals surface area (Å²) >= 11 is 0. The van der Waals surface area contributed by atoms with Gasteiger partial charge in [0.25, 0.3) is 5.91 Å². The van der Waals surface area contributed by atoms with E-state index in [4.69, 9.17) is 14.6 Å². The van der Waals surface area contributed by atoms with Crippen molar-refractivity contribution in [2.45, 2.75) is 13.5 Å². The molecule has 0 aliphatic heterocycles. The largest absolute Gasteiger partial charge is 0.494 e. The third kappa shape index (κ3) is 4.43. The monoisotopic (exact) mass is 332 g/mol. The zero-order valence-electron chi connectivity index (χ0n) is 13.4. The first-order chi connectivity index (χ1) is 11.7.